The largest absolute Gasteiger partial charge is 0.339 e. The molecule has 0 aromatic carbocycles. The number of nitrogens with one attached hydrogen (secondary N) is 1. The summed E-state index contributed by atoms with van der Waals surface area (Å²) in [5.41, 5.74) is 0. The summed E-state index contributed by atoms with van der Waals surface area (Å²) in [6.45, 7) is 9.98. The first-order valence-corrected chi connectivity index (χ1v) is 8.72. The van der Waals surface area contributed by atoms with Crippen LogP contribution in [-0.4, -0.2) is 22.7 Å². The van der Waals surface area contributed by atoms with Gasteiger partial charge in [0.2, 0.25) is 5.89 Å². The van der Waals surface area contributed by atoms with Crippen molar-refractivity contribution in [2.24, 2.45) is 5.92 Å². The van der Waals surface area contributed by atoms with Crippen LogP contribution in [0.5, 0.6) is 0 Å². The van der Waals surface area contributed by atoms with Gasteiger partial charge in [0.05, 0.1) is 5.92 Å². The fraction of sp³-hybridized carbons (Fsp3) is 0.882. The van der Waals surface area contributed by atoms with E-state index >= 15 is 0 Å². The highest BCUT2D eigenvalue weighted by Gasteiger charge is 2.28. The molecule has 1 aliphatic rings. The van der Waals surface area contributed by atoms with Crippen LogP contribution in [0.4, 0.5) is 0 Å². The molecular weight excluding hydrogens is 262 g/mol. The minimum Gasteiger partial charge on any atom is -0.339 e. The number of hydrogen-bond acceptors (Lipinski definition) is 4. The Morgan fingerprint density at radius 2 is 2.14 bits per heavy atom. The smallest absolute Gasteiger partial charge is 0.231 e. The molecule has 1 heterocycles. The molecule has 4 atom stereocenters. The molecule has 0 aliphatic heterocycles. The lowest BCUT2D eigenvalue weighted by molar-refractivity contribution is 0.302. The topological polar surface area (TPSA) is 51.0 Å². The molecule has 1 aromatic heterocycles. The van der Waals surface area contributed by atoms with Crippen LogP contribution < -0.4 is 5.32 Å². The molecule has 1 aliphatic carbocycles. The molecule has 1 fully saturated rings. The molecule has 0 spiro atoms. The zero-order valence-corrected chi connectivity index (χ0v) is 14.1. The van der Waals surface area contributed by atoms with E-state index in [1.165, 1.54) is 25.7 Å². The summed E-state index contributed by atoms with van der Waals surface area (Å²) in [6.07, 6.45) is 7.23. The number of nitrogens with zero attached hydrogens (tertiary/aromatic N) is 2. The monoisotopic (exact) mass is 293 g/mol. The molecule has 0 radical (unpaired) electrons. The van der Waals surface area contributed by atoms with Crippen molar-refractivity contribution in [3.05, 3.63) is 11.7 Å². The molecule has 21 heavy (non-hydrogen) atoms. The Bertz CT molecular complexity index is 418. The average molecular weight is 293 g/mol. The van der Waals surface area contributed by atoms with Crippen LogP contribution >= 0.6 is 0 Å². The lowest BCUT2D eigenvalue weighted by atomic mass is 9.82. The molecule has 4 nitrogen and oxygen atoms in total. The molecule has 0 bridgehead atoms. The van der Waals surface area contributed by atoms with Gasteiger partial charge in [0, 0.05) is 12.0 Å². The van der Waals surface area contributed by atoms with E-state index in [9.17, 15) is 0 Å². The van der Waals surface area contributed by atoms with Crippen molar-refractivity contribution in [2.75, 3.05) is 6.54 Å². The van der Waals surface area contributed by atoms with E-state index in [4.69, 9.17) is 9.51 Å². The van der Waals surface area contributed by atoms with Crippen LogP contribution in [0.2, 0.25) is 0 Å². The molecule has 4 unspecified atom stereocenters. The maximum Gasteiger partial charge on any atom is 0.231 e. The van der Waals surface area contributed by atoms with Crippen molar-refractivity contribution in [3.8, 4) is 0 Å². The summed E-state index contributed by atoms with van der Waals surface area (Å²) in [5.74, 6) is 3.37. The normalized spacial score (nSPS) is 25.7. The molecule has 2 rings (SSSR count). The molecule has 1 aromatic rings. The summed E-state index contributed by atoms with van der Waals surface area (Å²) in [7, 11) is 0. The SMILES string of the molecule is CCCNC(C)C(CC)c1nc(C2CCCC(C)C2)no1. The van der Waals surface area contributed by atoms with Crippen molar-refractivity contribution in [2.45, 2.75) is 84.1 Å². The van der Waals surface area contributed by atoms with Gasteiger partial charge in [-0.1, -0.05) is 38.8 Å². The summed E-state index contributed by atoms with van der Waals surface area (Å²) >= 11 is 0. The lowest BCUT2D eigenvalue weighted by Gasteiger charge is -2.24. The number of rotatable bonds is 7. The fourth-order valence-corrected chi connectivity index (χ4v) is 3.49. The minimum absolute atomic E-state index is 0.318. The summed E-state index contributed by atoms with van der Waals surface area (Å²) < 4.78 is 5.61. The van der Waals surface area contributed by atoms with Crippen molar-refractivity contribution in [1.29, 1.82) is 0 Å². The van der Waals surface area contributed by atoms with Crippen molar-refractivity contribution < 1.29 is 4.52 Å². The van der Waals surface area contributed by atoms with Gasteiger partial charge in [0.25, 0.3) is 0 Å². The lowest BCUT2D eigenvalue weighted by Crippen LogP contribution is -2.32. The minimum atomic E-state index is 0.318. The van der Waals surface area contributed by atoms with E-state index in [-0.39, 0.29) is 0 Å². The second-order valence-electron chi connectivity index (χ2n) is 6.72. The van der Waals surface area contributed by atoms with Crippen molar-refractivity contribution >= 4 is 0 Å². The fourth-order valence-electron chi connectivity index (χ4n) is 3.49. The summed E-state index contributed by atoms with van der Waals surface area (Å²) in [5, 5.41) is 7.84. The zero-order chi connectivity index (χ0) is 15.2. The van der Waals surface area contributed by atoms with E-state index in [2.05, 4.69) is 38.2 Å². The van der Waals surface area contributed by atoms with Crippen LogP contribution in [-0.2, 0) is 0 Å². The van der Waals surface area contributed by atoms with E-state index < -0.39 is 0 Å². The molecule has 0 saturated heterocycles. The van der Waals surface area contributed by atoms with Gasteiger partial charge >= 0.3 is 0 Å². The van der Waals surface area contributed by atoms with Gasteiger partial charge in [0.15, 0.2) is 5.82 Å². The summed E-state index contributed by atoms with van der Waals surface area (Å²) in [6, 6.07) is 0.383. The second-order valence-corrected chi connectivity index (χ2v) is 6.72. The molecule has 4 heteroatoms. The van der Waals surface area contributed by atoms with Gasteiger partial charge in [-0.3, -0.25) is 0 Å². The standard InChI is InChI=1S/C17H31N3O/c1-5-10-18-13(4)15(6-2)17-19-16(20-21-17)14-9-7-8-12(3)11-14/h12-15,18H,5-11H2,1-4H3. The Labute approximate surface area is 129 Å². The van der Waals surface area contributed by atoms with Gasteiger partial charge in [0.1, 0.15) is 0 Å². The predicted molar refractivity (Wildman–Crippen MR) is 85.5 cm³/mol. The van der Waals surface area contributed by atoms with Gasteiger partial charge in [-0.15, -0.1) is 0 Å². The van der Waals surface area contributed by atoms with Crippen LogP contribution in [0.1, 0.15) is 89.8 Å². The number of hydrogen-bond donors (Lipinski definition) is 1. The Balaban J connectivity index is 2.02. The third-order valence-electron chi connectivity index (χ3n) is 4.84. The first-order valence-electron chi connectivity index (χ1n) is 8.72. The molecule has 1 saturated carbocycles. The van der Waals surface area contributed by atoms with E-state index in [1.807, 2.05) is 0 Å². The highest BCUT2D eigenvalue weighted by molar-refractivity contribution is 5.03. The van der Waals surface area contributed by atoms with E-state index in [0.29, 0.717) is 17.9 Å². The summed E-state index contributed by atoms with van der Waals surface area (Å²) in [4.78, 5) is 4.75. The first kappa shape index (κ1) is 16.5. The quantitative estimate of drug-likeness (QED) is 0.816. The molecule has 120 valence electrons. The maximum absolute atomic E-state index is 5.61. The Morgan fingerprint density at radius 1 is 1.33 bits per heavy atom. The third kappa shape index (κ3) is 4.29. The van der Waals surface area contributed by atoms with Gasteiger partial charge < -0.3 is 9.84 Å². The van der Waals surface area contributed by atoms with Gasteiger partial charge in [-0.05, 0) is 45.1 Å². The maximum atomic E-state index is 5.61. The van der Waals surface area contributed by atoms with Crippen molar-refractivity contribution in [1.82, 2.24) is 15.5 Å². The Kier molecular flexibility index (Phi) is 6.22. The Morgan fingerprint density at radius 3 is 2.81 bits per heavy atom. The van der Waals surface area contributed by atoms with E-state index in [0.717, 1.165) is 37.0 Å². The molecule has 1 N–H and O–H groups in total. The third-order valence-corrected chi connectivity index (χ3v) is 4.84. The van der Waals surface area contributed by atoms with Crippen LogP contribution in [0.3, 0.4) is 0 Å². The van der Waals surface area contributed by atoms with Crippen molar-refractivity contribution in [3.63, 3.8) is 0 Å². The zero-order valence-electron chi connectivity index (χ0n) is 14.1. The van der Waals surface area contributed by atoms with Gasteiger partial charge in [-0.25, -0.2) is 0 Å². The van der Waals surface area contributed by atoms with Gasteiger partial charge in [-0.2, -0.15) is 4.98 Å². The number of aromatic nitrogens is 2. The molecule has 0 amide bonds. The van der Waals surface area contributed by atoms with Crippen LogP contribution in [0.15, 0.2) is 4.52 Å². The Hall–Kier alpha value is -0.900. The highest BCUT2D eigenvalue weighted by atomic mass is 16.5. The van der Waals surface area contributed by atoms with Crippen LogP contribution in [0.25, 0.3) is 0 Å². The van der Waals surface area contributed by atoms with E-state index in [1.54, 1.807) is 0 Å². The highest BCUT2D eigenvalue weighted by Crippen LogP contribution is 2.35. The first-order chi connectivity index (χ1) is 10.2. The molecular formula is C17H31N3O. The second kappa shape index (κ2) is 7.92. The van der Waals surface area contributed by atoms with Crippen LogP contribution in [0, 0.1) is 5.92 Å². The predicted octanol–water partition coefficient (Wildman–Crippen LogP) is 4.25. The average Bonchev–Trinajstić information content (AvgIpc) is 2.95.